The minimum atomic E-state index is -1.66. The van der Waals surface area contributed by atoms with Crippen LogP contribution in [-0.4, -0.2) is 59.9 Å². The van der Waals surface area contributed by atoms with Crippen LogP contribution in [0.1, 0.15) is 19.8 Å². The van der Waals surface area contributed by atoms with Crippen LogP contribution in [0.3, 0.4) is 0 Å². The molecule has 0 aromatic carbocycles. The van der Waals surface area contributed by atoms with Crippen LogP contribution in [0.2, 0.25) is 0 Å². The van der Waals surface area contributed by atoms with Crippen molar-refractivity contribution in [2.24, 2.45) is 5.92 Å². The molecule has 0 aromatic rings. The molecule has 1 saturated heterocycles. The summed E-state index contributed by atoms with van der Waals surface area (Å²) in [6, 6.07) is 0. The summed E-state index contributed by atoms with van der Waals surface area (Å²) in [5, 5.41) is 21.3. The molecule has 0 radical (unpaired) electrons. The predicted octanol–water partition coefficient (Wildman–Crippen LogP) is -0.247. The van der Waals surface area contributed by atoms with E-state index in [1.807, 2.05) is 0 Å². The molecule has 0 amide bonds. The minimum absolute atomic E-state index is 0.106. The summed E-state index contributed by atoms with van der Waals surface area (Å²) in [7, 11) is 2.11. The molecule has 1 fully saturated rings. The van der Waals surface area contributed by atoms with Crippen LogP contribution in [-0.2, 0) is 4.79 Å². The van der Waals surface area contributed by atoms with Crippen LogP contribution in [0, 0.1) is 5.92 Å². The number of piperidine rings is 1. The molecule has 94 valence electrons. The van der Waals surface area contributed by atoms with E-state index in [0.29, 0.717) is 5.92 Å². The second-order valence-corrected chi connectivity index (χ2v) is 4.96. The van der Waals surface area contributed by atoms with Crippen molar-refractivity contribution in [3.63, 3.8) is 0 Å². The zero-order valence-electron chi connectivity index (χ0n) is 10.1. The Kier molecular flexibility index (Phi) is 4.70. The molecule has 1 atom stereocenters. The Balaban J connectivity index is 2.18. The van der Waals surface area contributed by atoms with Gasteiger partial charge in [-0.15, -0.1) is 0 Å². The van der Waals surface area contributed by atoms with E-state index in [9.17, 15) is 9.90 Å². The first-order chi connectivity index (χ1) is 7.42. The van der Waals surface area contributed by atoms with Crippen LogP contribution in [0.25, 0.3) is 0 Å². The molecule has 1 unspecified atom stereocenters. The van der Waals surface area contributed by atoms with Gasteiger partial charge in [0, 0.05) is 6.54 Å². The average molecular weight is 230 g/mol. The summed E-state index contributed by atoms with van der Waals surface area (Å²) in [6.45, 7) is 4.41. The molecule has 1 rings (SSSR count). The van der Waals surface area contributed by atoms with E-state index in [4.69, 9.17) is 5.11 Å². The third kappa shape index (κ3) is 4.08. The Morgan fingerprint density at radius 1 is 1.50 bits per heavy atom. The van der Waals surface area contributed by atoms with Crippen LogP contribution in [0.4, 0.5) is 0 Å². The Labute approximate surface area is 96.4 Å². The van der Waals surface area contributed by atoms with Gasteiger partial charge in [0.1, 0.15) is 0 Å². The smallest absolute Gasteiger partial charge is 0.336 e. The first-order valence-corrected chi connectivity index (χ1v) is 5.77. The highest BCUT2D eigenvalue weighted by atomic mass is 16.4. The molecule has 5 nitrogen and oxygen atoms in total. The number of carboxylic acid groups (broad SMARTS) is 1. The molecule has 0 aromatic heterocycles. The number of aliphatic carboxylic acids is 1. The monoisotopic (exact) mass is 230 g/mol. The van der Waals surface area contributed by atoms with E-state index in [1.165, 1.54) is 6.92 Å². The van der Waals surface area contributed by atoms with Crippen molar-refractivity contribution in [3.8, 4) is 0 Å². The van der Waals surface area contributed by atoms with Gasteiger partial charge in [0.25, 0.3) is 0 Å². The lowest BCUT2D eigenvalue weighted by atomic mass is 9.97. The molecular weight excluding hydrogens is 208 g/mol. The molecule has 0 saturated carbocycles. The highest BCUT2D eigenvalue weighted by Gasteiger charge is 2.29. The number of carbonyl (C=O) groups is 1. The van der Waals surface area contributed by atoms with Gasteiger partial charge in [0.15, 0.2) is 5.60 Å². The normalized spacial score (nSPS) is 22.9. The lowest BCUT2D eigenvalue weighted by Gasteiger charge is -2.29. The summed E-state index contributed by atoms with van der Waals surface area (Å²) in [5.74, 6) is -0.579. The fraction of sp³-hybridized carbons (Fsp3) is 0.909. The van der Waals surface area contributed by atoms with Crippen molar-refractivity contribution in [1.29, 1.82) is 0 Å². The van der Waals surface area contributed by atoms with E-state index in [1.54, 1.807) is 0 Å². The Morgan fingerprint density at radius 3 is 2.56 bits per heavy atom. The van der Waals surface area contributed by atoms with Crippen molar-refractivity contribution >= 4 is 5.97 Å². The van der Waals surface area contributed by atoms with Crippen LogP contribution < -0.4 is 5.32 Å². The topological polar surface area (TPSA) is 72.8 Å². The number of hydrogen-bond donors (Lipinski definition) is 3. The number of aliphatic hydroxyl groups is 1. The van der Waals surface area contributed by atoms with E-state index >= 15 is 0 Å². The quantitative estimate of drug-likeness (QED) is 0.607. The van der Waals surface area contributed by atoms with Gasteiger partial charge >= 0.3 is 5.97 Å². The van der Waals surface area contributed by atoms with Crippen LogP contribution in [0.15, 0.2) is 0 Å². The van der Waals surface area contributed by atoms with Crippen molar-refractivity contribution in [1.82, 2.24) is 10.2 Å². The van der Waals surface area contributed by atoms with Gasteiger partial charge in [0.2, 0.25) is 0 Å². The standard InChI is InChI=1S/C11H22N2O3/c1-11(16,10(14)15)8-12-7-9-3-5-13(2)6-4-9/h9,12,16H,3-8H2,1-2H3,(H,14,15). The first kappa shape index (κ1) is 13.4. The van der Waals surface area contributed by atoms with E-state index in [-0.39, 0.29) is 6.54 Å². The fourth-order valence-electron chi connectivity index (χ4n) is 1.86. The average Bonchev–Trinajstić information content (AvgIpc) is 2.20. The molecule has 1 heterocycles. The molecule has 1 aliphatic heterocycles. The van der Waals surface area contributed by atoms with E-state index in [2.05, 4.69) is 17.3 Å². The zero-order valence-corrected chi connectivity index (χ0v) is 10.1. The maximum atomic E-state index is 10.6. The second-order valence-electron chi connectivity index (χ2n) is 4.96. The Morgan fingerprint density at radius 2 is 2.06 bits per heavy atom. The third-order valence-corrected chi connectivity index (χ3v) is 3.20. The summed E-state index contributed by atoms with van der Waals surface area (Å²) in [6.07, 6.45) is 2.28. The summed E-state index contributed by atoms with van der Waals surface area (Å²) >= 11 is 0. The van der Waals surface area contributed by atoms with Gasteiger partial charge < -0.3 is 20.4 Å². The third-order valence-electron chi connectivity index (χ3n) is 3.20. The number of nitrogens with zero attached hydrogens (tertiary/aromatic N) is 1. The van der Waals surface area contributed by atoms with Crippen molar-refractivity contribution in [2.75, 3.05) is 33.2 Å². The van der Waals surface area contributed by atoms with Gasteiger partial charge in [-0.3, -0.25) is 0 Å². The fourth-order valence-corrected chi connectivity index (χ4v) is 1.86. The number of rotatable bonds is 5. The molecule has 0 spiro atoms. The first-order valence-electron chi connectivity index (χ1n) is 5.77. The van der Waals surface area contributed by atoms with Gasteiger partial charge in [-0.05, 0) is 52.4 Å². The van der Waals surface area contributed by atoms with Gasteiger partial charge in [-0.25, -0.2) is 4.79 Å². The minimum Gasteiger partial charge on any atom is -0.479 e. The van der Waals surface area contributed by atoms with Crippen molar-refractivity contribution < 1.29 is 15.0 Å². The highest BCUT2D eigenvalue weighted by molar-refractivity contribution is 5.76. The van der Waals surface area contributed by atoms with Gasteiger partial charge in [-0.2, -0.15) is 0 Å². The Bertz CT molecular complexity index is 235. The zero-order chi connectivity index (χ0) is 12.2. The lowest BCUT2D eigenvalue weighted by Crippen LogP contribution is -2.46. The van der Waals surface area contributed by atoms with Crippen molar-refractivity contribution in [3.05, 3.63) is 0 Å². The molecular formula is C11H22N2O3. The highest BCUT2D eigenvalue weighted by Crippen LogP contribution is 2.14. The maximum absolute atomic E-state index is 10.6. The number of carboxylic acids is 1. The number of nitrogens with one attached hydrogen (secondary N) is 1. The van der Waals surface area contributed by atoms with Crippen LogP contribution >= 0.6 is 0 Å². The molecule has 0 aliphatic carbocycles. The molecule has 0 bridgehead atoms. The Hall–Kier alpha value is -0.650. The van der Waals surface area contributed by atoms with Crippen LogP contribution in [0.5, 0.6) is 0 Å². The lowest BCUT2D eigenvalue weighted by molar-refractivity contribution is -0.156. The summed E-state index contributed by atoms with van der Waals surface area (Å²) in [5.41, 5.74) is -1.66. The van der Waals surface area contributed by atoms with Gasteiger partial charge in [-0.1, -0.05) is 0 Å². The molecule has 3 N–H and O–H groups in total. The maximum Gasteiger partial charge on any atom is 0.336 e. The summed E-state index contributed by atoms with van der Waals surface area (Å²) in [4.78, 5) is 12.9. The SMILES string of the molecule is CN1CCC(CNCC(C)(O)C(=O)O)CC1. The molecule has 1 aliphatic rings. The number of likely N-dealkylation sites (tertiary alicyclic amines) is 1. The van der Waals surface area contributed by atoms with E-state index in [0.717, 1.165) is 32.5 Å². The van der Waals surface area contributed by atoms with Crippen molar-refractivity contribution in [2.45, 2.75) is 25.4 Å². The second kappa shape index (κ2) is 5.61. The molecule has 5 heteroatoms. The predicted molar refractivity (Wildman–Crippen MR) is 61.4 cm³/mol. The van der Waals surface area contributed by atoms with E-state index < -0.39 is 11.6 Å². The molecule has 16 heavy (non-hydrogen) atoms. The summed E-state index contributed by atoms with van der Waals surface area (Å²) < 4.78 is 0. The number of hydrogen-bond acceptors (Lipinski definition) is 4. The van der Waals surface area contributed by atoms with Gasteiger partial charge in [0.05, 0.1) is 0 Å². The largest absolute Gasteiger partial charge is 0.479 e.